The number of rotatable bonds is 8. The maximum atomic E-state index is 12.2. The highest BCUT2D eigenvalue weighted by atomic mass is 16.5. The Kier molecular flexibility index (Phi) is 6.20. The van der Waals surface area contributed by atoms with Crippen LogP contribution in [0.4, 0.5) is 5.82 Å². The summed E-state index contributed by atoms with van der Waals surface area (Å²) in [6, 6.07) is 7.81. The van der Waals surface area contributed by atoms with Crippen LogP contribution < -0.4 is 10.1 Å². The van der Waals surface area contributed by atoms with Crippen molar-refractivity contribution in [3.8, 4) is 5.75 Å². The van der Waals surface area contributed by atoms with Gasteiger partial charge in [0.05, 0.1) is 13.3 Å². The van der Waals surface area contributed by atoms with Gasteiger partial charge in [0.15, 0.2) is 0 Å². The largest absolute Gasteiger partial charge is 0.497 e. The third-order valence-electron chi connectivity index (χ3n) is 3.78. The van der Waals surface area contributed by atoms with Gasteiger partial charge in [-0.05, 0) is 37.5 Å². The molecule has 23 heavy (non-hydrogen) atoms. The summed E-state index contributed by atoms with van der Waals surface area (Å²) >= 11 is 0. The molecule has 0 aliphatic heterocycles. The van der Waals surface area contributed by atoms with E-state index in [0.29, 0.717) is 12.8 Å². The van der Waals surface area contributed by atoms with Crippen molar-refractivity contribution in [2.45, 2.75) is 46.1 Å². The van der Waals surface area contributed by atoms with E-state index in [9.17, 15) is 4.79 Å². The van der Waals surface area contributed by atoms with Gasteiger partial charge in [0, 0.05) is 18.5 Å². The predicted molar refractivity (Wildman–Crippen MR) is 91.8 cm³/mol. The number of ether oxygens (including phenoxy) is 1. The van der Waals surface area contributed by atoms with E-state index in [-0.39, 0.29) is 5.91 Å². The van der Waals surface area contributed by atoms with Gasteiger partial charge in [-0.1, -0.05) is 25.5 Å². The molecule has 0 atom stereocenters. The standard InChI is InChI=1S/C18H25N3O2/c1-4-5-11-21-18(14(2)13-19-21)20-17(22)10-9-15-7-6-8-16(12-15)23-3/h6-8,12-13H,4-5,9-11H2,1-3H3,(H,20,22). The fourth-order valence-electron chi connectivity index (χ4n) is 2.40. The lowest BCUT2D eigenvalue weighted by atomic mass is 10.1. The van der Waals surface area contributed by atoms with Crippen LogP contribution in [0.15, 0.2) is 30.5 Å². The van der Waals surface area contributed by atoms with Gasteiger partial charge in [0.25, 0.3) is 0 Å². The first-order valence-corrected chi connectivity index (χ1v) is 8.09. The number of aryl methyl sites for hydroxylation is 3. The highest BCUT2D eigenvalue weighted by Crippen LogP contribution is 2.17. The number of nitrogens with one attached hydrogen (secondary N) is 1. The van der Waals surface area contributed by atoms with Crippen molar-refractivity contribution in [2.24, 2.45) is 0 Å². The zero-order valence-electron chi connectivity index (χ0n) is 14.1. The normalized spacial score (nSPS) is 10.6. The minimum absolute atomic E-state index is 0.00849. The van der Waals surface area contributed by atoms with Gasteiger partial charge in [0.2, 0.25) is 5.91 Å². The number of carbonyl (C=O) groups excluding carboxylic acids is 1. The number of amides is 1. The number of hydrogen-bond donors (Lipinski definition) is 1. The van der Waals surface area contributed by atoms with E-state index >= 15 is 0 Å². The molecule has 2 aromatic rings. The van der Waals surface area contributed by atoms with Gasteiger partial charge in [-0.3, -0.25) is 4.79 Å². The van der Waals surface area contributed by atoms with Crippen molar-refractivity contribution in [1.29, 1.82) is 0 Å². The molecule has 1 heterocycles. The van der Waals surface area contributed by atoms with Crippen LogP contribution in [-0.2, 0) is 17.8 Å². The second-order valence-corrected chi connectivity index (χ2v) is 5.65. The van der Waals surface area contributed by atoms with Gasteiger partial charge >= 0.3 is 0 Å². The van der Waals surface area contributed by atoms with Crippen LogP contribution in [0.1, 0.15) is 37.3 Å². The van der Waals surface area contributed by atoms with Crippen LogP contribution >= 0.6 is 0 Å². The van der Waals surface area contributed by atoms with E-state index in [4.69, 9.17) is 4.74 Å². The third-order valence-corrected chi connectivity index (χ3v) is 3.78. The van der Waals surface area contributed by atoms with Crippen LogP contribution in [0.2, 0.25) is 0 Å². The molecule has 0 fully saturated rings. The van der Waals surface area contributed by atoms with Gasteiger partial charge in [-0.25, -0.2) is 4.68 Å². The zero-order chi connectivity index (χ0) is 16.7. The second-order valence-electron chi connectivity index (χ2n) is 5.65. The molecular weight excluding hydrogens is 290 g/mol. The average molecular weight is 315 g/mol. The molecule has 1 aromatic carbocycles. The summed E-state index contributed by atoms with van der Waals surface area (Å²) in [7, 11) is 1.64. The molecule has 1 aromatic heterocycles. The van der Waals surface area contributed by atoms with E-state index in [2.05, 4.69) is 17.3 Å². The molecule has 0 aliphatic carbocycles. The van der Waals surface area contributed by atoms with Gasteiger partial charge in [-0.2, -0.15) is 5.10 Å². The first-order valence-electron chi connectivity index (χ1n) is 8.09. The molecule has 1 N–H and O–H groups in total. The Balaban J connectivity index is 1.93. The molecule has 0 aliphatic rings. The highest BCUT2D eigenvalue weighted by Gasteiger charge is 2.11. The Labute approximate surface area is 137 Å². The summed E-state index contributed by atoms with van der Waals surface area (Å²) in [5, 5.41) is 7.33. The monoisotopic (exact) mass is 315 g/mol. The van der Waals surface area contributed by atoms with Crippen LogP contribution in [0, 0.1) is 6.92 Å². The first kappa shape index (κ1) is 17.1. The number of benzene rings is 1. The predicted octanol–water partition coefficient (Wildman–Crippen LogP) is 3.57. The van der Waals surface area contributed by atoms with Crippen molar-refractivity contribution in [3.05, 3.63) is 41.6 Å². The number of methoxy groups -OCH3 is 1. The Morgan fingerprint density at radius 1 is 1.39 bits per heavy atom. The van der Waals surface area contributed by atoms with Crippen molar-refractivity contribution in [2.75, 3.05) is 12.4 Å². The highest BCUT2D eigenvalue weighted by molar-refractivity contribution is 5.90. The molecule has 0 bridgehead atoms. The molecule has 0 spiro atoms. The van der Waals surface area contributed by atoms with Crippen molar-refractivity contribution in [3.63, 3.8) is 0 Å². The number of hydrogen-bond acceptors (Lipinski definition) is 3. The first-order chi connectivity index (χ1) is 11.1. The van der Waals surface area contributed by atoms with Crippen molar-refractivity contribution >= 4 is 11.7 Å². The lowest BCUT2D eigenvalue weighted by Gasteiger charge is -2.10. The number of unbranched alkanes of at least 4 members (excludes halogenated alkanes) is 1. The molecule has 124 valence electrons. The molecule has 1 amide bonds. The summed E-state index contributed by atoms with van der Waals surface area (Å²) in [4.78, 5) is 12.2. The zero-order valence-corrected chi connectivity index (χ0v) is 14.1. The van der Waals surface area contributed by atoms with E-state index in [0.717, 1.165) is 42.1 Å². The lowest BCUT2D eigenvalue weighted by Crippen LogP contribution is -2.17. The SMILES string of the molecule is CCCCn1ncc(C)c1NC(=O)CCc1cccc(OC)c1. The maximum Gasteiger partial charge on any atom is 0.225 e. The molecule has 0 unspecified atom stereocenters. The summed E-state index contributed by atoms with van der Waals surface area (Å²) in [6.07, 6.45) is 5.07. The van der Waals surface area contributed by atoms with Gasteiger partial charge < -0.3 is 10.1 Å². The summed E-state index contributed by atoms with van der Waals surface area (Å²) in [5.41, 5.74) is 2.09. The Morgan fingerprint density at radius 3 is 2.96 bits per heavy atom. The molecule has 2 rings (SSSR count). The Bertz CT molecular complexity index is 649. The molecule has 0 radical (unpaired) electrons. The second kappa shape index (κ2) is 8.36. The van der Waals surface area contributed by atoms with Crippen LogP contribution in [0.5, 0.6) is 5.75 Å². The maximum absolute atomic E-state index is 12.2. The Morgan fingerprint density at radius 2 is 2.22 bits per heavy atom. The topological polar surface area (TPSA) is 56.2 Å². The molecule has 5 heteroatoms. The summed E-state index contributed by atoms with van der Waals surface area (Å²) < 4.78 is 7.08. The lowest BCUT2D eigenvalue weighted by molar-refractivity contribution is -0.116. The van der Waals surface area contributed by atoms with Crippen molar-refractivity contribution < 1.29 is 9.53 Å². The summed E-state index contributed by atoms with van der Waals surface area (Å²) in [6.45, 7) is 4.94. The van der Waals surface area contributed by atoms with E-state index in [1.165, 1.54) is 0 Å². The third kappa shape index (κ3) is 4.84. The van der Waals surface area contributed by atoms with Crippen LogP contribution in [0.3, 0.4) is 0 Å². The number of carbonyl (C=O) groups is 1. The number of nitrogens with zero attached hydrogens (tertiary/aromatic N) is 2. The molecule has 5 nitrogen and oxygen atoms in total. The van der Waals surface area contributed by atoms with E-state index < -0.39 is 0 Å². The molecular formula is C18H25N3O2. The van der Waals surface area contributed by atoms with E-state index in [1.54, 1.807) is 13.3 Å². The van der Waals surface area contributed by atoms with Crippen LogP contribution in [-0.4, -0.2) is 22.8 Å². The van der Waals surface area contributed by atoms with Gasteiger partial charge in [-0.15, -0.1) is 0 Å². The van der Waals surface area contributed by atoms with Gasteiger partial charge in [0.1, 0.15) is 11.6 Å². The van der Waals surface area contributed by atoms with Crippen molar-refractivity contribution in [1.82, 2.24) is 9.78 Å². The molecule has 0 saturated heterocycles. The van der Waals surface area contributed by atoms with E-state index in [1.807, 2.05) is 35.9 Å². The molecule has 0 saturated carbocycles. The van der Waals surface area contributed by atoms with Crippen LogP contribution in [0.25, 0.3) is 0 Å². The summed E-state index contributed by atoms with van der Waals surface area (Å²) in [5.74, 6) is 1.64. The fraction of sp³-hybridized carbons (Fsp3) is 0.444. The minimum atomic E-state index is 0.00849. The quantitative estimate of drug-likeness (QED) is 0.810. The Hall–Kier alpha value is -2.30. The minimum Gasteiger partial charge on any atom is -0.497 e. The number of anilines is 1. The number of aromatic nitrogens is 2. The average Bonchev–Trinajstić information content (AvgIpc) is 2.91. The fourth-order valence-corrected chi connectivity index (χ4v) is 2.40. The smallest absolute Gasteiger partial charge is 0.225 e.